The minimum atomic E-state index is 0.104. The number of hydrogen-bond donors (Lipinski definition) is 0. The third-order valence-corrected chi connectivity index (χ3v) is 2.07. The van der Waals surface area contributed by atoms with E-state index in [9.17, 15) is 4.79 Å². The molecule has 0 spiro atoms. The standard InChI is InChI=1S/C11H13N3O/c1-9-4-2-5-10(8-9)11(15)6-3-7-13-14-12/h2,4-5,8H,3,6-7H2,1H3. The number of hydrogen-bond acceptors (Lipinski definition) is 2. The molecule has 0 heterocycles. The van der Waals surface area contributed by atoms with Crippen molar-refractivity contribution in [2.75, 3.05) is 6.54 Å². The molecule has 0 radical (unpaired) electrons. The SMILES string of the molecule is Cc1cccc(C(=O)CCCN=[N+]=[N-])c1. The molecule has 0 aliphatic rings. The zero-order valence-corrected chi connectivity index (χ0v) is 8.68. The van der Waals surface area contributed by atoms with Crippen LogP contribution in [0.1, 0.15) is 28.8 Å². The highest BCUT2D eigenvalue weighted by molar-refractivity contribution is 5.96. The molecule has 0 saturated heterocycles. The van der Waals surface area contributed by atoms with Crippen LogP contribution in [0, 0.1) is 6.92 Å². The van der Waals surface area contributed by atoms with Crippen LogP contribution < -0.4 is 0 Å². The van der Waals surface area contributed by atoms with Crippen molar-refractivity contribution in [2.24, 2.45) is 5.11 Å². The predicted octanol–water partition coefficient (Wildman–Crippen LogP) is 3.27. The number of carbonyl (C=O) groups excluding carboxylic acids is 1. The molecule has 0 N–H and O–H groups in total. The molecule has 0 aliphatic carbocycles. The largest absolute Gasteiger partial charge is 0.294 e. The van der Waals surface area contributed by atoms with E-state index in [1.807, 2.05) is 31.2 Å². The summed E-state index contributed by atoms with van der Waals surface area (Å²) in [7, 11) is 0. The second-order valence-corrected chi connectivity index (χ2v) is 3.35. The van der Waals surface area contributed by atoms with Crippen LogP contribution in [-0.2, 0) is 0 Å². The number of rotatable bonds is 5. The number of ketones is 1. The van der Waals surface area contributed by atoms with Gasteiger partial charge in [-0.05, 0) is 24.9 Å². The van der Waals surface area contributed by atoms with Crippen LogP contribution in [-0.4, -0.2) is 12.3 Å². The van der Waals surface area contributed by atoms with Gasteiger partial charge in [0, 0.05) is 23.4 Å². The highest BCUT2D eigenvalue weighted by Gasteiger charge is 2.04. The van der Waals surface area contributed by atoms with Crippen molar-refractivity contribution in [1.29, 1.82) is 0 Å². The van der Waals surface area contributed by atoms with Gasteiger partial charge in [-0.25, -0.2) is 0 Å². The van der Waals surface area contributed by atoms with Gasteiger partial charge in [-0.2, -0.15) is 0 Å². The maximum Gasteiger partial charge on any atom is 0.162 e. The van der Waals surface area contributed by atoms with Gasteiger partial charge in [-0.15, -0.1) is 0 Å². The Kier molecular flexibility index (Phi) is 4.38. The van der Waals surface area contributed by atoms with Crippen LogP contribution >= 0.6 is 0 Å². The van der Waals surface area contributed by atoms with Gasteiger partial charge in [0.1, 0.15) is 0 Å². The first-order chi connectivity index (χ1) is 7.24. The van der Waals surface area contributed by atoms with Gasteiger partial charge >= 0.3 is 0 Å². The fourth-order valence-electron chi connectivity index (χ4n) is 1.32. The lowest BCUT2D eigenvalue weighted by Gasteiger charge is -2.00. The van der Waals surface area contributed by atoms with Crippen molar-refractivity contribution in [3.63, 3.8) is 0 Å². The lowest BCUT2D eigenvalue weighted by molar-refractivity contribution is 0.0980. The summed E-state index contributed by atoms with van der Waals surface area (Å²) in [6.45, 7) is 2.34. The lowest BCUT2D eigenvalue weighted by atomic mass is 10.0. The van der Waals surface area contributed by atoms with Crippen molar-refractivity contribution in [1.82, 2.24) is 0 Å². The number of nitrogens with zero attached hydrogens (tertiary/aromatic N) is 3. The first-order valence-electron chi connectivity index (χ1n) is 4.85. The van der Waals surface area contributed by atoms with Gasteiger partial charge in [0.25, 0.3) is 0 Å². The zero-order chi connectivity index (χ0) is 11.1. The van der Waals surface area contributed by atoms with E-state index in [0.717, 1.165) is 11.1 Å². The Bertz CT molecular complexity index is 395. The van der Waals surface area contributed by atoms with Crippen LogP contribution in [0.15, 0.2) is 29.4 Å². The molecule has 4 heteroatoms. The molecule has 15 heavy (non-hydrogen) atoms. The quantitative estimate of drug-likeness (QED) is 0.238. The Hall–Kier alpha value is -1.80. The molecular formula is C11H13N3O. The fourth-order valence-corrected chi connectivity index (χ4v) is 1.32. The van der Waals surface area contributed by atoms with Crippen molar-refractivity contribution >= 4 is 5.78 Å². The minimum Gasteiger partial charge on any atom is -0.294 e. The van der Waals surface area contributed by atoms with Gasteiger partial charge in [-0.3, -0.25) is 4.79 Å². The van der Waals surface area contributed by atoms with Crippen LogP contribution in [0.3, 0.4) is 0 Å². The Balaban J connectivity index is 2.50. The van der Waals surface area contributed by atoms with E-state index in [0.29, 0.717) is 19.4 Å². The first kappa shape index (κ1) is 11.3. The number of azide groups is 1. The molecule has 0 unspecified atom stereocenters. The van der Waals surface area contributed by atoms with E-state index in [1.165, 1.54) is 0 Å². The Morgan fingerprint density at radius 1 is 1.53 bits per heavy atom. The van der Waals surface area contributed by atoms with Crippen molar-refractivity contribution in [2.45, 2.75) is 19.8 Å². The van der Waals surface area contributed by atoms with Gasteiger partial charge in [0.05, 0.1) is 0 Å². The molecule has 0 atom stereocenters. The van der Waals surface area contributed by atoms with Crippen LogP contribution in [0.4, 0.5) is 0 Å². The summed E-state index contributed by atoms with van der Waals surface area (Å²) in [5.41, 5.74) is 9.87. The van der Waals surface area contributed by atoms with Gasteiger partial charge in [0.15, 0.2) is 5.78 Å². The average Bonchev–Trinajstić information content (AvgIpc) is 2.24. The fraction of sp³-hybridized carbons (Fsp3) is 0.364. The number of carbonyl (C=O) groups is 1. The average molecular weight is 203 g/mol. The second-order valence-electron chi connectivity index (χ2n) is 3.35. The van der Waals surface area contributed by atoms with Crippen LogP contribution in [0.25, 0.3) is 10.4 Å². The second kappa shape index (κ2) is 5.83. The topological polar surface area (TPSA) is 65.8 Å². The smallest absolute Gasteiger partial charge is 0.162 e. The molecule has 78 valence electrons. The van der Waals surface area contributed by atoms with Crippen molar-refractivity contribution in [3.05, 3.63) is 45.8 Å². The summed E-state index contributed by atoms with van der Waals surface area (Å²) in [4.78, 5) is 14.3. The van der Waals surface area contributed by atoms with Gasteiger partial charge < -0.3 is 0 Å². The Labute approximate surface area is 88.6 Å². The molecule has 1 aromatic rings. The maximum absolute atomic E-state index is 11.6. The number of Topliss-reactive ketones (excluding diaryl/α,β-unsaturated/α-hetero) is 1. The molecule has 0 amide bonds. The summed E-state index contributed by atoms with van der Waals surface area (Å²) < 4.78 is 0. The molecule has 0 saturated carbocycles. The minimum absolute atomic E-state index is 0.104. The van der Waals surface area contributed by atoms with E-state index >= 15 is 0 Å². The van der Waals surface area contributed by atoms with Gasteiger partial charge in [-0.1, -0.05) is 28.9 Å². The molecule has 4 nitrogen and oxygen atoms in total. The molecular weight excluding hydrogens is 190 g/mol. The molecule has 0 bridgehead atoms. The van der Waals surface area contributed by atoms with E-state index in [1.54, 1.807) is 0 Å². The van der Waals surface area contributed by atoms with Crippen molar-refractivity contribution in [3.8, 4) is 0 Å². The van der Waals surface area contributed by atoms with Crippen LogP contribution in [0.2, 0.25) is 0 Å². The predicted molar refractivity (Wildman–Crippen MR) is 58.8 cm³/mol. The van der Waals surface area contributed by atoms with Crippen LogP contribution in [0.5, 0.6) is 0 Å². The third kappa shape index (κ3) is 3.83. The number of aryl methyl sites for hydroxylation is 1. The summed E-state index contributed by atoms with van der Waals surface area (Å²) in [6, 6.07) is 7.51. The van der Waals surface area contributed by atoms with Gasteiger partial charge in [0.2, 0.25) is 0 Å². The molecule has 0 aliphatic heterocycles. The summed E-state index contributed by atoms with van der Waals surface area (Å²) in [6.07, 6.45) is 1.04. The van der Waals surface area contributed by atoms with E-state index in [2.05, 4.69) is 10.0 Å². The van der Waals surface area contributed by atoms with E-state index in [-0.39, 0.29) is 5.78 Å². The van der Waals surface area contributed by atoms with Crippen molar-refractivity contribution < 1.29 is 4.79 Å². The Morgan fingerprint density at radius 2 is 2.33 bits per heavy atom. The Morgan fingerprint density at radius 3 is 3.00 bits per heavy atom. The summed E-state index contributed by atoms with van der Waals surface area (Å²) >= 11 is 0. The monoisotopic (exact) mass is 203 g/mol. The molecule has 0 fully saturated rings. The maximum atomic E-state index is 11.6. The first-order valence-corrected chi connectivity index (χ1v) is 4.85. The highest BCUT2D eigenvalue weighted by Crippen LogP contribution is 2.08. The highest BCUT2D eigenvalue weighted by atomic mass is 16.1. The summed E-state index contributed by atoms with van der Waals surface area (Å²) in [5, 5.41) is 3.38. The molecule has 1 rings (SSSR count). The molecule has 1 aromatic carbocycles. The zero-order valence-electron chi connectivity index (χ0n) is 8.68. The molecule has 0 aromatic heterocycles. The summed E-state index contributed by atoms with van der Waals surface area (Å²) in [5.74, 6) is 0.104. The number of benzene rings is 1. The van der Waals surface area contributed by atoms with E-state index in [4.69, 9.17) is 5.53 Å². The lowest BCUT2D eigenvalue weighted by Crippen LogP contribution is -1.99. The van der Waals surface area contributed by atoms with E-state index < -0.39 is 0 Å². The normalized spacial score (nSPS) is 9.40. The third-order valence-electron chi connectivity index (χ3n) is 2.07.